The standard InChI is InChI=1S/C71H88FN13O16/c1-38-63(92)77-39(2)64(93)80-53-31-44-10-8-11-45(28-44)36-76-59(89)23-22-57(84(6)68(97)46(33-58(53)88)32-47-37-75-52-21-16-48(72)34-51(47)52)66(95)83-61(40(3)86)67(96)81-56(30-43-12-17-49(100-7)18-13-43)69(98)85-26-9-24-71(85,5)70(99)82-54(62(73)91)29-42-14-19-50(20-15-42)101-27-25-74-60(90)35-55(65(94)78-38)79-41(4)87/h8,10-21,28,34,37-40,46,53-57,61,75,86H,9,22-27,29-33,35-36H2,1-7H3,(H2,73,91)(H,74,90)(H,76,89)(H,77,92)(H,78,94)(H,79,87)(H,80,93)(H,81,96)(H,82,99)(H,83,95)/t38-,39+,40+,46+,53-,54-,55-,56-,57-,61-,71-/m0/s1. The summed E-state index contributed by atoms with van der Waals surface area (Å²) in [7, 11) is 2.71. The van der Waals surface area contributed by atoms with E-state index in [4.69, 9.17) is 15.2 Å². The van der Waals surface area contributed by atoms with Crippen LogP contribution in [0.15, 0.2) is 97.2 Å². The molecule has 0 aliphatic carbocycles. The van der Waals surface area contributed by atoms with Gasteiger partial charge in [0.2, 0.25) is 70.9 Å². The lowest BCUT2D eigenvalue weighted by Gasteiger charge is -2.37. The molecule has 30 heteroatoms. The Labute approximate surface area is 582 Å². The first-order valence-corrected chi connectivity index (χ1v) is 33.4. The number of halogens is 1. The minimum atomic E-state index is -1.87. The van der Waals surface area contributed by atoms with Crippen molar-refractivity contribution in [1.29, 1.82) is 0 Å². The molecule has 13 N–H and O–H groups in total. The Bertz CT molecular complexity index is 3920. The molecule has 540 valence electrons. The Morgan fingerprint density at radius 2 is 1.45 bits per heavy atom. The van der Waals surface area contributed by atoms with Crippen LogP contribution in [-0.2, 0) is 94.6 Å². The molecule has 0 radical (unpaired) electrons. The first-order chi connectivity index (χ1) is 48.0. The van der Waals surface area contributed by atoms with Gasteiger partial charge in [-0.05, 0) is 130 Å². The lowest BCUT2D eigenvalue weighted by Crippen LogP contribution is -2.64. The van der Waals surface area contributed by atoms with Gasteiger partial charge in [0, 0.05) is 75.8 Å². The molecule has 5 heterocycles. The summed E-state index contributed by atoms with van der Waals surface area (Å²) < 4.78 is 26.2. The van der Waals surface area contributed by atoms with E-state index in [9.17, 15) is 48.3 Å². The molecule has 0 unspecified atom stereocenters. The van der Waals surface area contributed by atoms with Crippen molar-refractivity contribution in [3.8, 4) is 11.5 Å². The van der Waals surface area contributed by atoms with Gasteiger partial charge < -0.3 is 82.9 Å². The number of hydrogen-bond acceptors (Lipinski definition) is 16. The molecule has 4 aliphatic rings. The maximum absolute atomic E-state index is 15.5. The summed E-state index contributed by atoms with van der Waals surface area (Å²) in [6.45, 7) is 6.24. The van der Waals surface area contributed by atoms with Crippen LogP contribution >= 0.6 is 0 Å². The van der Waals surface area contributed by atoms with Crippen LogP contribution in [0.4, 0.5) is 4.39 Å². The highest BCUT2D eigenvalue weighted by Gasteiger charge is 2.49. The fraction of sp³-hybridized carbons (Fsp3) is 0.451. The van der Waals surface area contributed by atoms with E-state index in [1.807, 2.05) is 0 Å². The van der Waals surface area contributed by atoms with Crippen molar-refractivity contribution in [1.82, 2.24) is 62.6 Å². The van der Waals surface area contributed by atoms with Crippen LogP contribution in [0.2, 0.25) is 0 Å². The van der Waals surface area contributed by atoms with Gasteiger partial charge in [-0.1, -0.05) is 48.5 Å². The molecular formula is C71H88FN13O16. The first kappa shape index (κ1) is 76.0. The highest BCUT2D eigenvalue weighted by Crippen LogP contribution is 2.32. The van der Waals surface area contributed by atoms with Crippen molar-refractivity contribution in [3.05, 3.63) is 131 Å². The maximum atomic E-state index is 15.5. The number of fused-ring (bicyclic) bond motifs is 28. The number of rotatable bonds is 8. The minimum Gasteiger partial charge on any atom is -0.497 e. The van der Waals surface area contributed by atoms with Crippen molar-refractivity contribution in [3.63, 3.8) is 0 Å². The number of nitrogens with zero attached hydrogens (tertiary/aromatic N) is 2. The lowest BCUT2D eigenvalue weighted by atomic mass is 9.88. The van der Waals surface area contributed by atoms with Crippen LogP contribution in [0.3, 0.4) is 0 Å². The number of nitrogens with two attached hydrogens (primary N) is 1. The van der Waals surface area contributed by atoms with E-state index >= 15 is 23.6 Å². The predicted octanol–water partition coefficient (Wildman–Crippen LogP) is -0.00220. The lowest BCUT2D eigenvalue weighted by molar-refractivity contribution is -0.148. The number of aliphatic hydroxyl groups is 1. The van der Waals surface area contributed by atoms with Gasteiger partial charge in [-0.25, -0.2) is 4.39 Å². The molecule has 0 saturated carbocycles. The van der Waals surface area contributed by atoms with Crippen molar-refractivity contribution in [2.24, 2.45) is 11.7 Å². The highest BCUT2D eigenvalue weighted by molar-refractivity contribution is 6.01. The number of ether oxygens (including phenoxy) is 2. The summed E-state index contributed by atoms with van der Waals surface area (Å²) >= 11 is 0. The molecule has 1 fully saturated rings. The molecule has 101 heavy (non-hydrogen) atoms. The smallest absolute Gasteiger partial charge is 0.246 e. The molecule has 0 spiro atoms. The third kappa shape index (κ3) is 20.2. The van der Waals surface area contributed by atoms with Gasteiger partial charge in [0.05, 0.1) is 32.2 Å². The number of ketones is 1. The number of carbonyl (C=O) groups is 13. The minimum absolute atomic E-state index is 0.00864. The fourth-order valence-electron chi connectivity index (χ4n) is 12.6. The van der Waals surface area contributed by atoms with Crippen LogP contribution in [-0.4, -0.2) is 190 Å². The average molecular weight is 1400 g/mol. The van der Waals surface area contributed by atoms with Gasteiger partial charge in [0.15, 0.2) is 5.78 Å². The van der Waals surface area contributed by atoms with Gasteiger partial charge in [-0.15, -0.1) is 0 Å². The van der Waals surface area contributed by atoms with Crippen molar-refractivity contribution < 1.29 is 81.3 Å². The number of carbonyl (C=O) groups excluding carboxylic acids is 13. The number of hydrogen-bond donors (Lipinski definition) is 12. The van der Waals surface area contributed by atoms with Crippen LogP contribution < -0.4 is 63.1 Å². The molecule has 4 aliphatic heterocycles. The molecule has 1 aromatic heterocycles. The normalized spacial score (nSPS) is 25.4. The number of primary amides is 1. The zero-order valence-electron chi connectivity index (χ0n) is 57.3. The molecule has 9 rings (SSSR count). The second-order valence-electron chi connectivity index (χ2n) is 26.0. The van der Waals surface area contributed by atoms with E-state index in [-0.39, 0.29) is 64.8 Å². The molecule has 1 saturated heterocycles. The number of aliphatic hydroxyl groups excluding tert-OH is 1. The third-order valence-corrected chi connectivity index (χ3v) is 18.3. The number of amides is 12. The first-order valence-electron chi connectivity index (χ1n) is 33.4. The quantitative estimate of drug-likeness (QED) is 0.0910. The van der Waals surface area contributed by atoms with E-state index < -0.39 is 168 Å². The Morgan fingerprint density at radius 3 is 2.13 bits per heavy atom. The molecular weight excluding hydrogens is 1310 g/mol. The summed E-state index contributed by atoms with van der Waals surface area (Å²) in [5.74, 6) is -12.0. The molecule has 29 nitrogen and oxygen atoms in total. The summed E-state index contributed by atoms with van der Waals surface area (Å²) in [6, 6.07) is 11.6. The Morgan fingerprint density at radius 1 is 0.752 bits per heavy atom. The summed E-state index contributed by atoms with van der Waals surface area (Å²) in [4.78, 5) is 190. The summed E-state index contributed by atoms with van der Waals surface area (Å²) in [5.41, 5.74) is 7.21. The van der Waals surface area contributed by atoms with Gasteiger partial charge in [-0.3, -0.25) is 62.3 Å². The SMILES string of the molecule is COc1ccc(C[C@@H]2NC(=O)[C@H]([C@@H](C)O)NC(=O)[C@@H]3CCC(=O)NCc4cccc(c4)C[C@H](NC(=O)[C@@H](C)NC(=O)[C@H](C)NC(=O)[C@@H](NC(C)=O)CC(=O)NCCOc4ccc(cc4)C[C@@H](C(N)=O)NC(=O)[C@]4(C)CCCN4C2=O)C(=O)C[C@@H](Cc2c[nH]c4ccc(F)cc24)C(=O)N3C)cc1. The molecule has 12 amide bonds. The summed E-state index contributed by atoms with van der Waals surface area (Å²) in [5, 5.41) is 35.3. The Hall–Kier alpha value is -10.8. The maximum Gasteiger partial charge on any atom is 0.246 e. The molecule has 4 aromatic carbocycles. The second kappa shape index (κ2) is 34.3. The van der Waals surface area contributed by atoms with E-state index in [0.717, 1.165) is 11.8 Å². The van der Waals surface area contributed by atoms with Gasteiger partial charge in [0.25, 0.3) is 0 Å². The van der Waals surface area contributed by atoms with Gasteiger partial charge >= 0.3 is 0 Å². The number of nitrogens with one attached hydrogen (secondary N) is 10. The number of H-pyrrole nitrogens is 1. The third-order valence-electron chi connectivity index (χ3n) is 18.3. The largest absolute Gasteiger partial charge is 0.497 e. The predicted molar refractivity (Wildman–Crippen MR) is 364 cm³/mol. The second-order valence-corrected chi connectivity index (χ2v) is 26.0. The monoisotopic (exact) mass is 1400 g/mol. The number of benzene rings is 4. The van der Waals surface area contributed by atoms with Gasteiger partial charge in [-0.2, -0.15) is 0 Å². The fourth-order valence-corrected chi connectivity index (χ4v) is 12.6. The number of methoxy groups -OCH3 is 1. The van der Waals surface area contributed by atoms with Crippen LogP contribution in [0, 0.1) is 11.7 Å². The molecule has 5 aromatic rings. The number of aromatic nitrogens is 1. The van der Waals surface area contributed by atoms with Gasteiger partial charge in [0.1, 0.15) is 71.8 Å². The topological polar surface area (TPSA) is 417 Å². The van der Waals surface area contributed by atoms with E-state index in [1.54, 1.807) is 72.8 Å². The van der Waals surface area contributed by atoms with E-state index in [1.165, 1.54) is 71.1 Å². The van der Waals surface area contributed by atoms with E-state index in [2.05, 4.69) is 52.8 Å². The molecule has 6 bridgehead atoms. The Kier molecular flexibility index (Phi) is 25.8. The zero-order chi connectivity index (χ0) is 73.4. The van der Waals surface area contributed by atoms with Crippen molar-refractivity contribution >= 4 is 87.6 Å². The van der Waals surface area contributed by atoms with Crippen molar-refractivity contribution in [2.45, 2.75) is 165 Å². The van der Waals surface area contributed by atoms with Crippen LogP contribution in [0.25, 0.3) is 10.9 Å². The Balaban J connectivity index is 1.16. The molecule has 11 atom stereocenters. The zero-order valence-corrected chi connectivity index (χ0v) is 57.3. The van der Waals surface area contributed by atoms with E-state index in [0.29, 0.717) is 56.6 Å². The van der Waals surface area contributed by atoms with Crippen molar-refractivity contribution in [2.75, 3.05) is 33.9 Å². The highest BCUT2D eigenvalue weighted by atomic mass is 19.1. The summed E-state index contributed by atoms with van der Waals surface area (Å²) in [6.07, 6.45) is -2.57. The average Bonchev–Trinajstić information content (AvgIpc) is 1.70. The number of aromatic amines is 1. The van der Waals surface area contributed by atoms with Crippen LogP contribution in [0.5, 0.6) is 11.5 Å². The van der Waals surface area contributed by atoms with Crippen LogP contribution in [0.1, 0.15) is 101 Å². The number of likely N-dealkylation sites (N-methyl/N-ethyl adjacent to an activating group) is 1. The number of Topliss-reactive ketones (excluding diaryl/α,β-unsaturated/α-hetero) is 1.